The number of nitrogens with one attached hydrogen (secondary N) is 1. The molecule has 0 radical (unpaired) electrons. The van der Waals surface area contributed by atoms with Crippen molar-refractivity contribution in [3.05, 3.63) is 52.4 Å². The van der Waals surface area contributed by atoms with E-state index in [1.807, 2.05) is 0 Å². The Morgan fingerprint density at radius 1 is 1.25 bits per heavy atom. The predicted octanol–water partition coefficient (Wildman–Crippen LogP) is 3.59. The SMILES string of the molecule is O=C(O)c1nc(Nc2cc(F)cc(F)c2F)ccc1Cl. The van der Waals surface area contributed by atoms with Crippen molar-refractivity contribution in [1.82, 2.24) is 4.98 Å². The van der Waals surface area contributed by atoms with Gasteiger partial charge in [0.05, 0.1) is 10.7 Å². The van der Waals surface area contributed by atoms with Gasteiger partial charge < -0.3 is 10.4 Å². The lowest BCUT2D eigenvalue weighted by molar-refractivity contribution is 0.0691. The average molecular weight is 303 g/mol. The number of hydrogen-bond donors (Lipinski definition) is 2. The highest BCUT2D eigenvalue weighted by atomic mass is 35.5. The normalized spacial score (nSPS) is 10.4. The second-order valence-electron chi connectivity index (χ2n) is 3.71. The first-order valence-electron chi connectivity index (χ1n) is 5.20. The molecule has 104 valence electrons. The second kappa shape index (κ2) is 5.38. The van der Waals surface area contributed by atoms with Gasteiger partial charge in [0.2, 0.25) is 0 Å². The molecule has 0 aliphatic rings. The van der Waals surface area contributed by atoms with Crippen LogP contribution in [0.5, 0.6) is 0 Å². The van der Waals surface area contributed by atoms with E-state index >= 15 is 0 Å². The van der Waals surface area contributed by atoms with E-state index < -0.39 is 34.8 Å². The third-order valence-corrected chi connectivity index (χ3v) is 2.61. The van der Waals surface area contributed by atoms with Crippen molar-refractivity contribution in [3.63, 3.8) is 0 Å². The van der Waals surface area contributed by atoms with Gasteiger partial charge in [0.25, 0.3) is 0 Å². The highest BCUT2D eigenvalue weighted by Crippen LogP contribution is 2.24. The number of anilines is 2. The maximum atomic E-state index is 13.4. The monoisotopic (exact) mass is 302 g/mol. The Kier molecular flexibility index (Phi) is 3.80. The molecule has 0 aliphatic carbocycles. The molecule has 2 N–H and O–H groups in total. The summed E-state index contributed by atoms with van der Waals surface area (Å²) >= 11 is 5.61. The third-order valence-electron chi connectivity index (χ3n) is 2.30. The quantitative estimate of drug-likeness (QED) is 0.851. The number of nitrogens with zero attached hydrogens (tertiary/aromatic N) is 1. The molecule has 0 saturated carbocycles. The fourth-order valence-electron chi connectivity index (χ4n) is 1.45. The standard InChI is InChI=1S/C12H6ClF3N2O2/c13-6-1-2-9(18-11(6)12(19)20)17-8-4-5(14)3-7(15)10(8)16/h1-4H,(H,17,18)(H,19,20). The molecule has 1 aromatic carbocycles. The average Bonchev–Trinajstić information content (AvgIpc) is 2.37. The van der Waals surface area contributed by atoms with Crippen LogP contribution in [0.4, 0.5) is 24.7 Å². The van der Waals surface area contributed by atoms with Crippen LogP contribution in [0.3, 0.4) is 0 Å². The van der Waals surface area contributed by atoms with Gasteiger partial charge in [-0.1, -0.05) is 11.6 Å². The Labute approximate surface area is 115 Å². The summed E-state index contributed by atoms with van der Waals surface area (Å²) in [6.45, 7) is 0. The van der Waals surface area contributed by atoms with Gasteiger partial charge in [-0.25, -0.2) is 22.9 Å². The van der Waals surface area contributed by atoms with E-state index in [1.54, 1.807) is 0 Å². The van der Waals surface area contributed by atoms with Crippen LogP contribution < -0.4 is 5.32 Å². The van der Waals surface area contributed by atoms with Crippen LogP contribution in [0.2, 0.25) is 5.02 Å². The Morgan fingerprint density at radius 3 is 2.60 bits per heavy atom. The highest BCUT2D eigenvalue weighted by molar-refractivity contribution is 6.33. The van der Waals surface area contributed by atoms with E-state index in [0.717, 1.165) is 6.07 Å². The summed E-state index contributed by atoms with van der Waals surface area (Å²) in [5.74, 6) is -5.17. The van der Waals surface area contributed by atoms with Crippen molar-refractivity contribution in [3.8, 4) is 0 Å². The lowest BCUT2D eigenvalue weighted by Crippen LogP contribution is -2.05. The minimum absolute atomic E-state index is 0.115. The molecule has 0 saturated heterocycles. The van der Waals surface area contributed by atoms with Gasteiger partial charge in [-0.15, -0.1) is 0 Å². The van der Waals surface area contributed by atoms with Crippen molar-refractivity contribution in [2.75, 3.05) is 5.32 Å². The van der Waals surface area contributed by atoms with Gasteiger partial charge in [-0.3, -0.25) is 0 Å². The number of halogens is 4. The van der Waals surface area contributed by atoms with E-state index in [9.17, 15) is 18.0 Å². The number of pyridine rings is 1. The summed E-state index contributed by atoms with van der Waals surface area (Å²) in [6.07, 6.45) is 0. The zero-order valence-electron chi connectivity index (χ0n) is 9.62. The number of rotatable bonds is 3. The first kappa shape index (κ1) is 14.1. The smallest absolute Gasteiger partial charge is 0.356 e. The summed E-state index contributed by atoms with van der Waals surface area (Å²) < 4.78 is 39.5. The molecule has 4 nitrogen and oxygen atoms in total. The summed E-state index contributed by atoms with van der Waals surface area (Å²) in [5, 5.41) is 11.0. The number of carboxylic acid groups (broad SMARTS) is 1. The Hall–Kier alpha value is -2.28. The van der Waals surface area contributed by atoms with Crippen LogP contribution in [0.1, 0.15) is 10.5 Å². The van der Waals surface area contributed by atoms with Crippen LogP contribution in [0.25, 0.3) is 0 Å². The molecule has 1 heterocycles. The molecule has 0 fully saturated rings. The predicted molar refractivity (Wildman–Crippen MR) is 65.8 cm³/mol. The van der Waals surface area contributed by atoms with E-state index in [-0.39, 0.29) is 10.8 Å². The van der Waals surface area contributed by atoms with Crippen LogP contribution in [-0.4, -0.2) is 16.1 Å². The van der Waals surface area contributed by atoms with Crippen LogP contribution >= 0.6 is 11.6 Å². The van der Waals surface area contributed by atoms with Crippen LogP contribution in [0, 0.1) is 17.5 Å². The molecule has 20 heavy (non-hydrogen) atoms. The molecule has 2 rings (SSSR count). The van der Waals surface area contributed by atoms with Gasteiger partial charge in [0.15, 0.2) is 17.3 Å². The molecule has 8 heteroatoms. The van der Waals surface area contributed by atoms with Gasteiger partial charge in [0, 0.05) is 12.1 Å². The van der Waals surface area contributed by atoms with Gasteiger partial charge in [0.1, 0.15) is 11.6 Å². The van der Waals surface area contributed by atoms with Gasteiger partial charge >= 0.3 is 5.97 Å². The van der Waals surface area contributed by atoms with Crippen molar-refractivity contribution in [2.45, 2.75) is 0 Å². The van der Waals surface area contributed by atoms with Crippen molar-refractivity contribution >= 4 is 29.1 Å². The molecular formula is C12H6ClF3N2O2. The Bertz CT molecular complexity index is 695. The molecule has 0 bridgehead atoms. The van der Waals surface area contributed by atoms with Crippen LogP contribution in [-0.2, 0) is 0 Å². The molecule has 0 atom stereocenters. The van der Waals surface area contributed by atoms with Crippen LogP contribution in [0.15, 0.2) is 24.3 Å². The fraction of sp³-hybridized carbons (Fsp3) is 0. The zero-order valence-corrected chi connectivity index (χ0v) is 10.4. The maximum absolute atomic E-state index is 13.4. The Balaban J connectivity index is 2.40. The minimum atomic E-state index is -1.38. The topological polar surface area (TPSA) is 62.2 Å². The number of benzene rings is 1. The number of carboxylic acids is 1. The zero-order chi connectivity index (χ0) is 14.9. The molecule has 0 spiro atoms. The van der Waals surface area contributed by atoms with E-state index in [1.165, 1.54) is 12.1 Å². The van der Waals surface area contributed by atoms with E-state index in [4.69, 9.17) is 16.7 Å². The minimum Gasteiger partial charge on any atom is -0.476 e. The molecule has 1 aromatic heterocycles. The molecule has 0 unspecified atom stereocenters. The molecule has 2 aromatic rings. The second-order valence-corrected chi connectivity index (χ2v) is 4.11. The third kappa shape index (κ3) is 2.83. The van der Waals surface area contributed by atoms with Crippen molar-refractivity contribution < 1.29 is 23.1 Å². The summed E-state index contributed by atoms with van der Waals surface area (Å²) in [7, 11) is 0. The summed E-state index contributed by atoms with van der Waals surface area (Å²) in [5.41, 5.74) is -0.970. The first-order chi connectivity index (χ1) is 9.38. The Morgan fingerprint density at radius 2 is 1.95 bits per heavy atom. The molecule has 0 aliphatic heterocycles. The summed E-state index contributed by atoms with van der Waals surface area (Å²) in [4.78, 5) is 14.4. The number of aromatic nitrogens is 1. The highest BCUT2D eigenvalue weighted by Gasteiger charge is 2.14. The van der Waals surface area contributed by atoms with Gasteiger partial charge in [-0.05, 0) is 12.1 Å². The maximum Gasteiger partial charge on any atom is 0.356 e. The van der Waals surface area contributed by atoms with Crippen molar-refractivity contribution in [1.29, 1.82) is 0 Å². The van der Waals surface area contributed by atoms with Crippen molar-refractivity contribution in [2.24, 2.45) is 0 Å². The van der Waals surface area contributed by atoms with E-state index in [2.05, 4.69) is 10.3 Å². The number of aromatic carboxylic acids is 1. The number of hydrogen-bond acceptors (Lipinski definition) is 3. The lowest BCUT2D eigenvalue weighted by Gasteiger charge is -2.08. The van der Waals surface area contributed by atoms with E-state index in [0.29, 0.717) is 6.07 Å². The van der Waals surface area contributed by atoms with Gasteiger partial charge in [-0.2, -0.15) is 0 Å². The summed E-state index contributed by atoms with van der Waals surface area (Å²) in [6, 6.07) is 3.57. The first-order valence-corrected chi connectivity index (χ1v) is 5.57. The largest absolute Gasteiger partial charge is 0.476 e. The fourth-order valence-corrected chi connectivity index (χ4v) is 1.63. The molecular weight excluding hydrogens is 297 g/mol. The lowest BCUT2D eigenvalue weighted by atomic mass is 10.2. The number of carbonyl (C=O) groups is 1. The molecule has 0 amide bonds.